The van der Waals surface area contributed by atoms with Gasteiger partial charge in [0.1, 0.15) is 5.75 Å². The van der Waals surface area contributed by atoms with Crippen molar-refractivity contribution in [1.82, 2.24) is 0 Å². The van der Waals surface area contributed by atoms with E-state index in [2.05, 4.69) is 30.9 Å². The second-order valence-corrected chi connectivity index (χ2v) is 4.81. The van der Waals surface area contributed by atoms with Crippen LogP contribution >= 0.6 is 0 Å². The first-order valence-corrected chi connectivity index (χ1v) is 6.35. The quantitative estimate of drug-likeness (QED) is 0.868. The largest absolute Gasteiger partial charge is 0.496 e. The fourth-order valence-corrected chi connectivity index (χ4v) is 2.83. The van der Waals surface area contributed by atoms with Gasteiger partial charge in [-0.15, -0.1) is 0 Å². The van der Waals surface area contributed by atoms with Gasteiger partial charge in [-0.3, -0.25) is 0 Å². The highest BCUT2D eigenvalue weighted by molar-refractivity contribution is 5.64. The van der Waals surface area contributed by atoms with Crippen LogP contribution in [0.25, 0.3) is 0 Å². The van der Waals surface area contributed by atoms with Crippen molar-refractivity contribution < 1.29 is 4.74 Å². The second kappa shape index (κ2) is 4.96. The van der Waals surface area contributed by atoms with E-state index in [0.29, 0.717) is 6.04 Å². The molecule has 1 heterocycles. The number of benzene rings is 1. The molecule has 1 aliphatic heterocycles. The predicted molar refractivity (Wildman–Crippen MR) is 71.8 cm³/mol. The highest BCUT2D eigenvalue weighted by atomic mass is 16.5. The Morgan fingerprint density at radius 3 is 2.88 bits per heavy atom. The Labute approximate surface area is 104 Å². The highest BCUT2D eigenvalue weighted by Crippen LogP contribution is 2.38. The number of methoxy groups -OCH3 is 1. The summed E-state index contributed by atoms with van der Waals surface area (Å²) >= 11 is 0. The van der Waals surface area contributed by atoms with Gasteiger partial charge in [-0.05, 0) is 38.8 Å². The van der Waals surface area contributed by atoms with Crippen molar-refractivity contribution in [3.63, 3.8) is 0 Å². The Morgan fingerprint density at radius 1 is 1.53 bits per heavy atom. The number of hydrogen-bond acceptors (Lipinski definition) is 3. The van der Waals surface area contributed by atoms with Gasteiger partial charge in [0, 0.05) is 29.9 Å². The zero-order valence-electron chi connectivity index (χ0n) is 10.9. The average Bonchev–Trinajstić information content (AvgIpc) is 2.64. The number of fused-ring (bicyclic) bond motifs is 1. The van der Waals surface area contributed by atoms with Gasteiger partial charge in [-0.1, -0.05) is 6.07 Å². The normalized spacial score (nSPS) is 20.2. The van der Waals surface area contributed by atoms with Crippen LogP contribution in [0.4, 0.5) is 5.69 Å². The molecule has 3 nitrogen and oxygen atoms in total. The van der Waals surface area contributed by atoms with E-state index in [1.54, 1.807) is 7.11 Å². The number of nitrogens with zero attached hydrogens (tertiary/aromatic N) is 1. The topological polar surface area (TPSA) is 38.5 Å². The predicted octanol–water partition coefficient (Wildman–Crippen LogP) is 2.18. The number of rotatable bonds is 4. The van der Waals surface area contributed by atoms with Crippen LogP contribution in [-0.4, -0.2) is 25.7 Å². The van der Waals surface area contributed by atoms with Gasteiger partial charge in [0.05, 0.1) is 7.11 Å². The van der Waals surface area contributed by atoms with Crippen LogP contribution in [0.3, 0.4) is 0 Å². The van der Waals surface area contributed by atoms with Crippen molar-refractivity contribution in [3.05, 3.63) is 23.8 Å². The van der Waals surface area contributed by atoms with Crippen molar-refractivity contribution in [2.45, 2.75) is 38.8 Å². The number of likely N-dealkylation sites (N-methyl/N-ethyl adjacent to an activating group) is 1. The Kier molecular flexibility index (Phi) is 3.57. The molecule has 1 aliphatic rings. The molecule has 0 spiro atoms. The lowest BCUT2D eigenvalue weighted by Gasteiger charge is -2.27. The van der Waals surface area contributed by atoms with E-state index >= 15 is 0 Å². The maximum Gasteiger partial charge on any atom is 0.124 e. The summed E-state index contributed by atoms with van der Waals surface area (Å²) in [7, 11) is 1.74. The van der Waals surface area contributed by atoms with Crippen molar-refractivity contribution in [2.75, 3.05) is 18.6 Å². The molecule has 0 aromatic heterocycles. The zero-order valence-corrected chi connectivity index (χ0v) is 10.9. The standard InChI is InChI=1S/C14H22N2O/c1-4-16-11(8-10(2)15)9-12-13(16)6-5-7-14(12)17-3/h5-7,10-11H,4,8-9,15H2,1-3H3. The third kappa shape index (κ3) is 2.25. The van der Waals surface area contributed by atoms with E-state index in [1.807, 2.05) is 6.07 Å². The number of ether oxygens (including phenoxy) is 1. The van der Waals surface area contributed by atoms with Gasteiger partial charge in [0.2, 0.25) is 0 Å². The second-order valence-electron chi connectivity index (χ2n) is 4.81. The Bertz CT molecular complexity index is 390. The van der Waals surface area contributed by atoms with Gasteiger partial charge in [0.15, 0.2) is 0 Å². The van der Waals surface area contributed by atoms with Gasteiger partial charge in [0.25, 0.3) is 0 Å². The highest BCUT2D eigenvalue weighted by Gasteiger charge is 2.30. The maximum absolute atomic E-state index is 5.94. The van der Waals surface area contributed by atoms with Crippen LogP contribution in [-0.2, 0) is 6.42 Å². The lowest BCUT2D eigenvalue weighted by molar-refractivity contribution is 0.409. The third-order valence-electron chi connectivity index (χ3n) is 3.50. The molecule has 3 heteroatoms. The number of nitrogens with two attached hydrogens (primary N) is 1. The summed E-state index contributed by atoms with van der Waals surface area (Å²) < 4.78 is 5.45. The SMILES string of the molecule is CCN1c2cccc(OC)c2CC1CC(C)N. The van der Waals surface area contributed by atoms with Gasteiger partial charge in [-0.25, -0.2) is 0 Å². The number of anilines is 1. The van der Waals surface area contributed by atoms with Crippen LogP contribution in [0.5, 0.6) is 5.75 Å². The molecule has 0 aliphatic carbocycles. The molecule has 94 valence electrons. The number of hydrogen-bond donors (Lipinski definition) is 1. The van der Waals surface area contributed by atoms with Crippen LogP contribution < -0.4 is 15.4 Å². The third-order valence-corrected chi connectivity index (χ3v) is 3.50. The van der Waals surface area contributed by atoms with Crippen LogP contribution in [0.1, 0.15) is 25.8 Å². The molecule has 0 bridgehead atoms. The smallest absolute Gasteiger partial charge is 0.124 e. The summed E-state index contributed by atoms with van der Waals surface area (Å²) in [5.74, 6) is 1.01. The maximum atomic E-state index is 5.94. The molecule has 1 aromatic carbocycles. The molecule has 17 heavy (non-hydrogen) atoms. The molecule has 0 fully saturated rings. The Morgan fingerprint density at radius 2 is 2.29 bits per heavy atom. The average molecular weight is 234 g/mol. The summed E-state index contributed by atoms with van der Waals surface area (Å²) in [6.07, 6.45) is 2.08. The van der Waals surface area contributed by atoms with Crippen molar-refractivity contribution >= 4 is 5.69 Å². The first kappa shape index (κ1) is 12.2. The van der Waals surface area contributed by atoms with Crippen molar-refractivity contribution in [3.8, 4) is 5.75 Å². The van der Waals surface area contributed by atoms with E-state index in [-0.39, 0.29) is 6.04 Å². The molecule has 0 saturated carbocycles. The van der Waals surface area contributed by atoms with Crippen LogP contribution in [0, 0.1) is 0 Å². The first-order chi connectivity index (χ1) is 8.17. The lowest BCUT2D eigenvalue weighted by atomic mass is 10.0. The van der Waals surface area contributed by atoms with Gasteiger partial charge < -0.3 is 15.4 Å². The first-order valence-electron chi connectivity index (χ1n) is 6.35. The fourth-order valence-electron chi connectivity index (χ4n) is 2.83. The summed E-state index contributed by atoms with van der Waals surface area (Å²) in [5, 5.41) is 0. The Balaban J connectivity index is 2.30. The molecule has 1 aromatic rings. The van der Waals surface area contributed by atoms with Crippen molar-refractivity contribution in [2.24, 2.45) is 5.73 Å². The molecule has 2 unspecified atom stereocenters. The lowest BCUT2D eigenvalue weighted by Crippen LogP contribution is -2.36. The monoisotopic (exact) mass is 234 g/mol. The molecule has 0 saturated heterocycles. The molecule has 0 radical (unpaired) electrons. The van der Waals surface area contributed by atoms with Crippen LogP contribution in [0.2, 0.25) is 0 Å². The van der Waals surface area contributed by atoms with Crippen LogP contribution in [0.15, 0.2) is 18.2 Å². The molecule has 2 N–H and O–H groups in total. The van der Waals surface area contributed by atoms with E-state index in [9.17, 15) is 0 Å². The zero-order chi connectivity index (χ0) is 12.4. The van der Waals surface area contributed by atoms with E-state index in [1.165, 1.54) is 11.3 Å². The molecular formula is C14H22N2O. The van der Waals surface area contributed by atoms with E-state index < -0.39 is 0 Å². The van der Waals surface area contributed by atoms with Gasteiger partial charge >= 0.3 is 0 Å². The summed E-state index contributed by atoms with van der Waals surface area (Å²) in [4.78, 5) is 2.45. The molecule has 2 atom stereocenters. The summed E-state index contributed by atoms with van der Waals surface area (Å²) in [5.41, 5.74) is 8.59. The fraction of sp³-hybridized carbons (Fsp3) is 0.571. The minimum Gasteiger partial charge on any atom is -0.496 e. The van der Waals surface area contributed by atoms with Gasteiger partial charge in [-0.2, -0.15) is 0 Å². The minimum atomic E-state index is 0.245. The Hall–Kier alpha value is -1.22. The van der Waals surface area contributed by atoms with E-state index in [0.717, 1.165) is 25.1 Å². The summed E-state index contributed by atoms with van der Waals surface area (Å²) in [6.45, 7) is 5.30. The molecule has 0 amide bonds. The van der Waals surface area contributed by atoms with Crippen molar-refractivity contribution in [1.29, 1.82) is 0 Å². The minimum absolute atomic E-state index is 0.245. The summed E-state index contributed by atoms with van der Waals surface area (Å²) in [6, 6.07) is 7.05. The molecular weight excluding hydrogens is 212 g/mol. The van der Waals surface area contributed by atoms with E-state index in [4.69, 9.17) is 10.5 Å². The molecule has 2 rings (SSSR count).